The average molecular weight is 255 g/mol. The number of nitrogens with zero attached hydrogens (tertiary/aromatic N) is 4. The molecule has 7 nitrogen and oxygen atoms in total. The molecule has 92 valence electrons. The molecule has 0 aliphatic heterocycles. The smallest absolute Gasteiger partial charge is 0.246 e. The lowest BCUT2D eigenvalue weighted by atomic mass is 10.5. The third-order valence-corrected chi connectivity index (χ3v) is 4.04. The second kappa shape index (κ2) is 5.56. The third kappa shape index (κ3) is 3.12. The molecular formula is C9H13N5O2S. The van der Waals surface area contributed by atoms with Crippen LogP contribution >= 0.6 is 0 Å². The van der Waals surface area contributed by atoms with Gasteiger partial charge in [0, 0.05) is 19.5 Å². The maximum Gasteiger partial charge on any atom is 0.246 e. The summed E-state index contributed by atoms with van der Waals surface area (Å²) < 4.78 is 25.4. The van der Waals surface area contributed by atoms with Gasteiger partial charge in [0.05, 0.1) is 18.5 Å². The molecule has 1 rings (SSSR count). The molecule has 0 saturated carbocycles. The van der Waals surface area contributed by atoms with Crippen molar-refractivity contribution >= 4 is 16.0 Å². The quantitative estimate of drug-likeness (QED) is 0.791. The molecule has 0 spiro atoms. The minimum Gasteiger partial charge on any atom is -0.368 e. The molecule has 0 amide bonds. The zero-order valence-corrected chi connectivity index (χ0v) is 10.2. The molecule has 0 unspecified atom stereocenters. The second-order valence-corrected chi connectivity index (χ2v) is 5.12. The first kappa shape index (κ1) is 13.3. The first-order chi connectivity index (χ1) is 8.02. The van der Waals surface area contributed by atoms with E-state index in [2.05, 4.69) is 9.97 Å². The van der Waals surface area contributed by atoms with Crippen LogP contribution in [0.25, 0.3) is 0 Å². The summed E-state index contributed by atoms with van der Waals surface area (Å²) in [5, 5.41) is 8.47. The number of anilines is 1. The topological polar surface area (TPSA) is 113 Å². The van der Waals surface area contributed by atoms with Gasteiger partial charge in [0.2, 0.25) is 16.0 Å². The van der Waals surface area contributed by atoms with Crippen molar-refractivity contribution in [2.45, 2.75) is 18.2 Å². The van der Waals surface area contributed by atoms with Crippen LogP contribution in [0.1, 0.15) is 13.3 Å². The van der Waals surface area contributed by atoms with Crippen molar-refractivity contribution in [3.63, 3.8) is 0 Å². The summed E-state index contributed by atoms with van der Waals surface area (Å²) in [6, 6.07) is 1.91. The summed E-state index contributed by atoms with van der Waals surface area (Å²) in [5.74, 6) is 0.0176. The van der Waals surface area contributed by atoms with E-state index in [1.54, 1.807) is 6.92 Å². The van der Waals surface area contributed by atoms with Gasteiger partial charge < -0.3 is 5.73 Å². The molecule has 1 heterocycles. The Morgan fingerprint density at radius 2 is 2.06 bits per heavy atom. The molecule has 8 heteroatoms. The van der Waals surface area contributed by atoms with Crippen LogP contribution in [0.3, 0.4) is 0 Å². The van der Waals surface area contributed by atoms with Gasteiger partial charge in [-0.1, -0.05) is 6.92 Å². The second-order valence-electron chi connectivity index (χ2n) is 3.18. The molecular weight excluding hydrogens is 242 g/mol. The monoisotopic (exact) mass is 255 g/mol. The average Bonchev–Trinajstić information content (AvgIpc) is 2.30. The summed E-state index contributed by atoms with van der Waals surface area (Å²) in [6.45, 7) is 2.14. The van der Waals surface area contributed by atoms with Crippen LogP contribution < -0.4 is 5.73 Å². The zero-order chi connectivity index (χ0) is 12.9. The highest BCUT2D eigenvalue weighted by Gasteiger charge is 2.23. The summed E-state index contributed by atoms with van der Waals surface area (Å²) in [7, 11) is -3.64. The molecule has 1 aromatic rings. The molecule has 0 aliphatic carbocycles. The number of rotatable bonds is 5. The Labute approximate surface area is 99.9 Å². The highest BCUT2D eigenvalue weighted by molar-refractivity contribution is 7.89. The van der Waals surface area contributed by atoms with E-state index in [-0.39, 0.29) is 30.4 Å². The Hall–Kier alpha value is -1.72. The molecule has 17 heavy (non-hydrogen) atoms. The van der Waals surface area contributed by atoms with Gasteiger partial charge in [-0.3, -0.25) is 0 Å². The lowest BCUT2D eigenvalue weighted by molar-refractivity contribution is 0.434. The fraction of sp³-hybridized carbons (Fsp3) is 0.444. The Bertz CT molecular complexity index is 505. The van der Waals surface area contributed by atoms with Gasteiger partial charge >= 0.3 is 0 Å². The predicted octanol–water partition coefficient (Wildman–Crippen LogP) is -0.0169. The Morgan fingerprint density at radius 1 is 1.47 bits per heavy atom. The van der Waals surface area contributed by atoms with Gasteiger partial charge in [0.1, 0.15) is 4.90 Å². The van der Waals surface area contributed by atoms with Crippen molar-refractivity contribution < 1.29 is 8.42 Å². The van der Waals surface area contributed by atoms with Gasteiger partial charge in [-0.15, -0.1) is 0 Å². The highest BCUT2D eigenvalue weighted by Crippen LogP contribution is 2.13. The molecule has 1 aromatic heterocycles. The number of hydrogen-bond acceptors (Lipinski definition) is 6. The molecule has 0 fully saturated rings. The maximum atomic E-state index is 12.1. The Balaban J connectivity index is 3.00. The SMILES string of the molecule is CCN(CCC#N)S(=O)(=O)c1cnc(N)nc1. The molecule has 0 aliphatic rings. The van der Waals surface area contributed by atoms with Crippen LogP contribution in [0.5, 0.6) is 0 Å². The Morgan fingerprint density at radius 3 is 2.53 bits per heavy atom. The number of nitriles is 1. The lowest BCUT2D eigenvalue weighted by Gasteiger charge is -2.18. The maximum absolute atomic E-state index is 12.1. The fourth-order valence-corrected chi connectivity index (χ4v) is 2.57. The summed E-state index contributed by atoms with van der Waals surface area (Å²) >= 11 is 0. The Kier molecular flexibility index (Phi) is 4.37. The van der Waals surface area contributed by atoms with E-state index in [1.807, 2.05) is 6.07 Å². The first-order valence-electron chi connectivity index (χ1n) is 4.97. The van der Waals surface area contributed by atoms with E-state index in [0.717, 1.165) is 12.4 Å². The largest absolute Gasteiger partial charge is 0.368 e. The fourth-order valence-electron chi connectivity index (χ4n) is 1.23. The van der Waals surface area contributed by atoms with Gasteiger partial charge in [-0.25, -0.2) is 18.4 Å². The van der Waals surface area contributed by atoms with Gasteiger partial charge in [0.15, 0.2) is 0 Å². The van der Waals surface area contributed by atoms with E-state index in [0.29, 0.717) is 0 Å². The number of nitrogens with two attached hydrogens (primary N) is 1. The molecule has 0 aromatic carbocycles. The van der Waals surface area contributed by atoms with E-state index in [1.165, 1.54) is 4.31 Å². The third-order valence-electron chi connectivity index (χ3n) is 2.11. The van der Waals surface area contributed by atoms with Crippen molar-refractivity contribution in [2.75, 3.05) is 18.8 Å². The predicted molar refractivity (Wildman–Crippen MR) is 61.1 cm³/mol. The lowest BCUT2D eigenvalue weighted by Crippen LogP contribution is -2.32. The minimum absolute atomic E-state index is 0.0176. The number of sulfonamides is 1. The zero-order valence-electron chi connectivity index (χ0n) is 9.37. The summed E-state index contributed by atoms with van der Waals surface area (Å²) in [6.07, 6.45) is 2.46. The van der Waals surface area contributed by atoms with E-state index in [4.69, 9.17) is 11.0 Å². The van der Waals surface area contributed by atoms with Crippen LogP contribution in [-0.2, 0) is 10.0 Å². The van der Waals surface area contributed by atoms with Crippen molar-refractivity contribution in [1.82, 2.24) is 14.3 Å². The van der Waals surface area contributed by atoms with Crippen LogP contribution in [0.4, 0.5) is 5.95 Å². The van der Waals surface area contributed by atoms with E-state index >= 15 is 0 Å². The standard InChI is InChI=1S/C9H13N5O2S/c1-2-14(5-3-4-10)17(15,16)8-6-12-9(11)13-7-8/h6-7H,2-3,5H2,1H3,(H2,11,12,13). The van der Waals surface area contributed by atoms with Crippen molar-refractivity contribution in [1.29, 1.82) is 5.26 Å². The molecule has 0 saturated heterocycles. The minimum atomic E-state index is -3.64. The molecule has 0 radical (unpaired) electrons. The summed E-state index contributed by atoms with van der Waals surface area (Å²) in [4.78, 5) is 7.25. The highest BCUT2D eigenvalue weighted by atomic mass is 32.2. The molecule has 2 N–H and O–H groups in total. The van der Waals surface area contributed by atoms with Crippen molar-refractivity contribution in [3.8, 4) is 6.07 Å². The number of hydrogen-bond donors (Lipinski definition) is 1. The van der Waals surface area contributed by atoms with E-state index in [9.17, 15) is 8.42 Å². The van der Waals surface area contributed by atoms with Crippen molar-refractivity contribution in [2.24, 2.45) is 0 Å². The van der Waals surface area contributed by atoms with Crippen molar-refractivity contribution in [3.05, 3.63) is 12.4 Å². The van der Waals surface area contributed by atoms with Crippen LogP contribution in [0, 0.1) is 11.3 Å². The first-order valence-corrected chi connectivity index (χ1v) is 6.41. The molecule has 0 bridgehead atoms. The van der Waals surface area contributed by atoms with Crippen LogP contribution in [0.15, 0.2) is 17.3 Å². The van der Waals surface area contributed by atoms with Crippen LogP contribution in [0.2, 0.25) is 0 Å². The van der Waals surface area contributed by atoms with E-state index < -0.39 is 10.0 Å². The number of aromatic nitrogens is 2. The normalized spacial score (nSPS) is 11.4. The van der Waals surface area contributed by atoms with Gasteiger partial charge in [-0.2, -0.15) is 9.57 Å². The number of nitrogen functional groups attached to an aromatic ring is 1. The van der Waals surface area contributed by atoms with Gasteiger partial charge in [0.25, 0.3) is 0 Å². The molecule has 0 atom stereocenters. The summed E-state index contributed by atoms with van der Waals surface area (Å²) in [5.41, 5.74) is 5.29. The van der Waals surface area contributed by atoms with Gasteiger partial charge in [-0.05, 0) is 0 Å². The van der Waals surface area contributed by atoms with Crippen LogP contribution in [-0.4, -0.2) is 35.8 Å².